The fraction of sp³-hybridized carbons (Fsp3) is 0.647. The summed E-state index contributed by atoms with van der Waals surface area (Å²) in [6, 6.07) is 0.198. The highest BCUT2D eigenvalue weighted by molar-refractivity contribution is 5.80. The molecule has 2 aromatic rings. The second-order valence-electron chi connectivity index (χ2n) is 7.13. The predicted octanol–water partition coefficient (Wildman–Crippen LogP) is 1.61. The number of piperidine rings is 1. The summed E-state index contributed by atoms with van der Waals surface area (Å²) in [5, 5.41) is 7.87. The van der Waals surface area contributed by atoms with Gasteiger partial charge in [-0.3, -0.25) is 9.69 Å². The Hall–Kier alpha value is -2.22. The van der Waals surface area contributed by atoms with E-state index < -0.39 is 0 Å². The Bertz CT molecular complexity index is 764. The van der Waals surface area contributed by atoms with Gasteiger partial charge in [0.05, 0.1) is 24.7 Å². The second-order valence-corrected chi connectivity index (χ2v) is 7.13. The van der Waals surface area contributed by atoms with Gasteiger partial charge in [0.25, 0.3) is 0 Å². The molecule has 3 saturated heterocycles. The van der Waals surface area contributed by atoms with Crippen LogP contribution in [0.1, 0.15) is 41.6 Å². The maximum Gasteiger partial charge on any atom is 0.240 e. The fourth-order valence-corrected chi connectivity index (χ4v) is 3.96. The summed E-state index contributed by atoms with van der Waals surface area (Å²) in [4.78, 5) is 21.5. The number of carbonyl (C=O) groups is 1. The van der Waals surface area contributed by atoms with Gasteiger partial charge in [0, 0.05) is 24.7 Å². The molecule has 25 heavy (non-hydrogen) atoms. The van der Waals surface area contributed by atoms with Crippen molar-refractivity contribution in [2.24, 2.45) is 5.92 Å². The van der Waals surface area contributed by atoms with Gasteiger partial charge in [-0.15, -0.1) is 0 Å². The molecular formula is C17H23N5O3. The number of nitrogens with zero attached hydrogens (tertiary/aromatic N) is 5. The van der Waals surface area contributed by atoms with Gasteiger partial charge in [-0.1, -0.05) is 10.3 Å². The number of amides is 1. The van der Waals surface area contributed by atoms with Crippen molar-refractivity contribution in [2.45, 2.75) is 52.7 Å². The van der Waals surface area contributed by atoms with E-state index in [1.54, 1.807) is 0 Å². The number of hydrogen-bond acceptors (Lipinski definition) is 7. The maximum absolute atomic E-state index is 13.0. The first-order valence-corrected chi connectivity index (χ1v) is 8.75. The normalized spacial score (nSPS) is 24.1. The predicted molar refractivity (Wildman–Crippen MR) is 87.4 cm³/mol. The van der Waals surface area contributed by atoms with Crippen molar-refractivity contribution in [3.8, 4) is 0 Å². The van der Waals surface area contributed by atoms with E-state index in [0.29, 0.717) is 24.8 Å². The van der Waals surface area contributed by atoms with Gasteiger partial charge >= 0.3 is 0 Å². The number of fused-ring (bicyclic) bond motifs is 4. The molecule has 2 aromatic heterocycles. The van der Waals surface area contributed by atoms with Crippen LogP contribution in [0.25, 0.3) is 0 Å². The molecule has 5 rings (SSSR count). The molecule has 0 aliphatic carbocycles. The minimum atomic E-state index is 0.0308. The molecule has 0 radical (unpaired) electrons. The third-order valence-electron chi connectivity index (χ3n) is 5.31. The molecule has 2 atom stereocenters. The van der Waals surface area contributed by atoms with Crippen molar-refractivity contribution < 1.29 is 13.8 Å². The minimum Gasteiger partial charge on any atom is -0.361 e. The lowest BCUT2D eigenvalue weighted by Gasteiger charge is -2.36. The standard InChI is InChI=1S/C17H23N5O3/c1-10-15(11(2)24-19-10)8-22-14-5-4-13(17(22)23)6-21(7-14)9-16-18-12(3)20-25-16/h13-14H,4-9H2,1-3H3/t13-,14+/m1/s1. The van der Waals surface area contributed by atoms with Crippen molar-refractivity contribution >= 4 is 5.91 Å². The van der Waals surface area contributed by atoms with Crippen molar-refractivity contribution in [1.82, 2.24) is 25.1 Å². The molecule has 0 N–H and O–H groups in total. The van der Waals surface area contributed by atoms with Crippen molar-refractivity contribution in [1.29, 1.82) is 0 Å². The van der Waals surface area contributed by atoms with Gasteiger partial charge in [-0.05, 0) is 33.6 Å². The molecule has 2 bridgehead atoms. The summed E-state index contributed by atoms with van der Waals surface area (Å²) in [5.74, 6) is 2.32. The molecule has 134 valence electrons. The van der Waals surface area contributed by atoms with E-state index in [-0.39, 0.29) is 17.9 Å². The molecule has 3 fully saturated rings. The van der Waals surface area contributed by atoms with E-state index >= 15 is 0 Å². The molecule has 8 nitrogen and oxygen atoms in total. The van der Waals surface area contributed by atoms with Crippen LogP contribution >= 0.6 is 0 Å². The molecule has 0 aromatic carbocycles. The fourth-order valence-electron chi connectivity index (χ4n) is 3.96. The number of hydrogen-bond donors (Lipinski definition) is 0. The van der Waals surface area contributed by atoms with E-state index in [0.717, 1.165) is 42.9 Å². The largest absolute Gasteiger partial charge is 0.361 e. The average molecular weight is 345 g/mol. The zero-order valence-corrected chi connectivity index (χ0v) is 14.9. The van der Waals surface area contributed by atoms with E-state index in [1.165, 1.54) is 0 Å². The lowest BCUT2D eigenvalue weighted by atomic mass is 9.93. The summed E-state index contributed by atoms with van der Waals surface area (Å²) in [6.45, 7) is 8.39. The van der Waals surface area contributed by atoms with E-state index in [4.69, 9.17) is 9.05 Å². The smallest absolute Gasteiger partial charge is 0.240 e. The molecule has 5 heterocycles. The van der Waals surface area contributed by atoms with Gasteiger partial charge in [-0.2, -0.15) is 4.98 Å². The Balaban J connectivity index is 1.52. The van der Waals surface area contributed by atoms with Crippen LogP contribution in [0.5, 0.6) is 0 Å². The monoisotopic (exact) mass is 345 g/mol. The van der Waals surface area contributed by atoms with Crippen LogP contribution in [-0.4, -0.2) is 50.1 Å². The number of rotatable bonds is 4. The first-order valence-electron chi connectivity index (χ1n) is 8.75. The van der Waals surface area contributed by atoms with E-state index in [1.807, 2.05) is 25.7 Å². The molecule has 3 aliphatic rings. The molecule has 0 spiro atoms. The van der Waals surface area contributed by atoms with Crippen molar-refractivity contribution in [3.05, 3.63) is 28.7 Å². The summed E-state index contributed by atoms with van der Waals surface area (Å²) < 4.78 is 10.5. The highest BCUT2D eigenvalue weighted by atomic mass is 16.5. The first-order chi connectivity index (χ1) is 12.0. The lowest BCUT2D eigenvalue weighted by Crippen LogP contribution is -2.47. The summed E-state index contributed by atoms with van der Waals surface area (Å²) in [5.41, 5.74) is 1.89. The van der Waals surface area contributed by atoms with Crippen LogP contribution in [0.3, 0.4) is 0 Å². The third kappa shape index (κ3) is 3.06. The van der Waals surface area contributed by atoms with Crippen LogP contribution in [0.4, 0.5) is 0 Å². The van der Waals surface area contributed by atoms with Crippen LogP contribution in [0.2, 0.25) is 0 Å². The zero-order chi connectivity index (χ0) is 17.6. The minimum absolute atomic E-state index is 0.0308. The average Bonchev–Trinajstić information content (AvgIpc) is 3.00. The summed E-state index contributed by atoms with van der Waals surface area (Å²) in [7, 11) is 0. The Morgan fingerprint density at radius 1 is 1.08 bits per heavy atom. The topological polar surface area (TPSA) is 88.5 Å². The molecule has 0 saturated carbocycles. The van der Waals surface area contributed by atoms with Crippen LogP contribution in [0, 0.1) is 26.7 Å². The van der Waals surface area contributed by atoms with Crippen LogP contribution in [0.15, 0.2) is 9.05 Å². The first kappa shape index (κ1) is 16.3. The third-order valence-corrected chi connectivity index (χ3v) is 5.31. The van der Waals surface area contributed by atoms with Gasteiger partial charge < -0.3 is 13.9 Å². The maximum atomic E-state index is 13.0. The van der Waals surface area contributed by atoms with Gasteiger partial charge in [0.2, 0.25) is 11.8 Å². The highest BCUT2D eigenvalue weighted by Crippen LogP contribution is 2.31. The molecule has 0 unspecified atom stereocenters. The summed E-state index contributed by atoms with van der Waals surface area (Å²) >= 11 is 0. The zero-order valence-electron chi connectivity index (χ0n) is 14.9. The number of aromatic nitrogens is 3. The van der Waals surface area contributed by atoms with E-state index in [9.17, 15) is 4.79 Å². The van der Waals surface area contributed by atoms with Crippen molar-refractivity contribution in [3.63, 3.8) is 0 Å². The quantitative estimate of drug-likeness (QED) is 0.831. The Morgan fingerprint density at radius 2 is 1.92 bits per heavy atom. The van der Waals surface area contributed by atoms with Gasteiger partial charge in [-0.25, -0.2) is 0 Å². The SMILES string of the molecule is Cc1noc(CN2C[C@H]3CC[C@@H](C2)N(Cc2c(C)noc2C)C3=O)n1. The molecular weight excluding hydrogens is 322 g/mol. The van der Waals surface area contributed by atoms with Gasteiger partial charge in [0.15, 0.2) is 5.82 Å². The van der Waals surface area contributed by atoms with Gasteiger partial charge in [0.1, 0.15) is 5.76 Å². The Kier molecular flexibility index (Phi) is 4.07. The highest BCUT2D eigenvalue weighted by Gasteiger charge is 2.41. The number of carbonyl (C=O) groups excluding carboxylic acids is 1. The van der Waals surface area contributed by atoms with Crippen LogP contribution < -0.4 is 0 Å². The molecule has 3 aliphatic heterocycles. The molecule has 8 heteroatoms. The second kappa shape index (κ2) is 6.25. The Labute approximate surface area is 146 Å². The van der Waals surface area contributed by atoms with E-state index in [2.05, 4.69) is 20.2 Å². The van der Waals surface area contributed by atoms with Crippen LogP contribution in [-0.2, 0) is 17.9 Å². The number of aryl methyl sites for hydroxylation is 3. The molecule has 1 amide bonds. The lowest BCUT2D eigenvalue weighted by molar-refractivity contribution is -0.140. The van der Waals surface area contributed by atoms with Crippen molar-refractivity contribution in [2.75, 3.05) is 13.1 Å². The Morgan fingerprint density at radius 3 is 2.60 bits per heavy atom. The summed E-state index contributed by atoms with van der Waals surface area (Å²) in [6.07, 6.45) is 1.97.